The fourth-order valence-electron chi connectivity index (χ4n) is 2.96. The Balaban J connectivity index is 6.10. The first kappa shape index (κ1) is 31.8. The van der Waals surface area contributed by atoms with Crippen LogP contribution in [0.25, 0.3) is 0 Å². The zero-order valence-corrected chi connectivity index (χ0v) is 23.0. The van der Waals surface area contributed by atoms with Crippen LogP contribution in [-0.2, 0) is 28.7 Å². The van der Waals surface area contributed by atoms with Crippen molar-refractivity contribution in [1.29, 1.82) is 0 Å². The number of unbranched alkanes of at least 4 members (excludes halogenated alkanes) is 3. The standard InChI is InChI=1S/C26H54O6/c1-12-15-17-19-29-32-26(30-22(6)14-3,31-24(7,8)9)25(10,11)23(27-18-16-13-2)28-20-21(4)5/h21-23H,12-20H2,1-11H3. The Kier molecular flexibility index (Phi) is 15.5. The van der Waals surface area contributed by atoms with Gasteiger partial charge in [0.1, 0.15) is 0 Å². The average Bonchev–Trinajstić information content (AvgIpc) is 2.68. The number of ether oxygens (including phenoxy) is 4. The monoisotopic (exact) mass is 462 g/mol. The van der Waals surface area contributed by atoms with E-state index in [1.807, 2.05) is 41.5 Å². The first-order valence-electron chi connectivity index (χ1n) is 12.8. The lowest BCUT2D eigenvalue weighted by molar-refractivity contribution is -0.564. The van der Waals surface area contributed by atoms with Crippen LogP contribution in [0.3, 0.4) is 0 Å². The highest BCUT2D eigenvalue weighted by Gasteiger charge is 2.59. The quantitative estimate of drug-likeness (QED) is 0.0872. The summed E-state index contributed by atoms with van der Waals surface area (Å²) in [6.07, 6.45) is 5.18. The lowest BCUT2D eigenvalue weighted by Crippen LogP contribution is -2.61. The van der Waals surface area contributed by atoms with Gasteiger partial charge in [-0.05, 0) is 66.7 Å². The average molecular weight is 463 g/mol. The highest BCUT2D eigenvalue weighted by molar-refractivity contribution is 4.87. The molecule has 0 rings (SSSR count). The first-order valence-corrected chi connectivity index (χ1v) is 12.8. The minimum Gasteiger partial charge on any atom is -0.352 e. The van der Waals surface area contributed by atoms with E-state index in [-0.39, 0.29) is 6.10 Å². The van der Waals surface area contributed by atoms with E-state index in [0.29, 0.717) is 25.7 Å². The van der Waals surface area contributed by atoms with Crippen molar-refractivity contribution in [3.05, 3.63) is 0 Å². The van der Waals surface area contributed by atoms with E-state index >= 15 is 0 Å². The summed E-state index contributed by atoms with van der Waals surface area (Å²) in [4.78, 5) is 11.8. The number of hydrogen-bond acceptors (Lipinski definition) is 6. The molecule has 0 N–H and O–H groups in total. The third-order valence-electron chi connectivity index (χ3n) is 5.10. The Morgan fingerprint density at radius 2 is 1.38 bits per heavy atom. The van der Waals surface area contributed by atoms with Gasteiger partial charge in [-0.3, -0.25) is 0 Å². The van der Waals surface area contributed by atoms with Gasteiger partial charge in [0.25, 0.3) is 0 Å². The molecular weight excluding hydrogens is 408 g/mol. The van der Waals surface area contributed by atoms with E-state index in [2.05, 4.69) is 34.6 Å². The molecule has 3 atom stereocenters. The molecule has 0 saturated carbocycles. The van der Waals surface area contributed by atoms with Crippen LogP contribution in [0.5, 0.6) is 0 Å². The van der Waals surface area contributed by atoms with E-state index in [1.54, 1.807) is 0 Å². The maximum absolute atomic E-state index is 6.53. The molecule has 32 heavy (non-hydrogen) atoms. The van der Waals surface area contributed by atoms with Crippen molar-refractivity contribution in [2.24, 2.45) is 11.3 Å². The minimum atomic E-state index is -1.51. The Bertz CT molecular complexity index is 460. The molecule has 0 saturated heterocycles. The number of hydrogen-bond donors (Lipinski definition) is 0. The first-order chi connectivity index (χ1) is 14.8. The van der Waals surface area contributed by atoms with Crippen molar-refractivity contribution in [2.75, 3.05) is 19.8 Å². The van der Waals surface area contributed by atoms with Crippen LogP contribution < -0.4 is 0 Å². The van der Waals surface area contributed by atoms with E-state index in [1.165, 1.54) is 0 Å². The van der Waals surface area contributed by atoms with Crippen molar-refractivity contribution >= 4 is 0 Å². The predicted octanol–water partition coefficient (Wildman–Crippen LogP) is 7.25. The van der Waals surface area contributed by atoms with Crippen LogP contribution in [0.4, 0.5) is 0 Å². The van der Waals surface area contributed by atoms with Gasteiger partial charge < -0.3 is 18.9 Å². The third-order valence-corrected chi connectivity index (χ3v) is 5.10. The van der Waals surface area contributed by atoms with Crippen LogP contribution in [0.1, 0.15) is 115 Å². The minimum absolute atomic E-state index is 0.114. The maximum Gasteiger partial charge on any atom is 0.323 e. The fourth-order valence-corrected chi connectivity index (χ4v) is 2.96. The molecule has 0 aliphatic heterocycles. The Hall–Kier alpha value is -0.240. The maximum atomic E-state index is 6.53. The van der Waals surface area contributed by atoms with Crippen LogP contribution >= 0.6 is 0 Å². The predicted molar refractivity (Wildman–Crippen MR) is 130 cm³/mol. The largest absolute Gasteiger partial charge is 0.352 e. The van der Waals surface area contributed by atoms with Gasteiger partial charge in [-0.25, -0.2) is 4.89 Å². The lowest BCUT2D eigenvalue weighted by Gasteiger charge is -2.49. The highest BCUT2D eigenvalue weighted by Crippen LogP contribution is 2.45. The second-order valence-corrected chi connectivity index (χ2v) is 10.7. The zero-order chi connectivity index (χ0) is 24.8. The molecule has 0 fully saturated rings. The van der Waals surface area contributed by atoms with Gasteiger partial charge >= 0.3 is 5.97 Å². The molecular formula is C26H54O6. The number of rotatable bonds is 19. The van der Waals surface area contributed by atoms with Crippen LogP contribution in [-0.4, -0.2) is 43.8 Å². The molecule has 0 aliphatic carbocycles. The molecule has 6 nitrogen and oxygen atoms in total. The summed E-state index contributed by atoms with van der Waals surface area (Å²) >= 11 is 0. The van der Waals surface area contributed by atoms with Crippen molar-refractivity contribution in [1.82, 2.24) is 0 Å². The Morgan fingerprint density at radius 3 is 1.88 bits per heavy atom. The topological polar surface area (TPSA) is 55.4 Å². The molecule has 0 aromatic heterocycles. The normalized spacial score (nSPS) is 16.9. The third kappa shape index (κ3) is 11.8. The zero-order valence-electron chi connectivity index (χ0n) is 23.0. The smallest absolute Gasteiger partial charge is 0.323 e. The van der Waals surface area contributed by atoms with Gasteiger partial charge in [0, 0.05) is 6.61 Å². The van der Waals surface area contributed by atoms with Crippen LogP contribution in [0, 0.1) is 11.3 Å². The molecule has 0 amide bonds. The highest BCUT2D eigenvalue weighted by atomic mass is 17.3. The van der Waals surface area contributed by atoms with Gasteiger partial charge in [0.2, 0.25) is 0 Å². The lowest BCUT2D eigenvalue weighted by atomic mass is 9.87. The summed E-state index contributed by atoms with van der Waals surface area (Å²) in [5, 5.41) is 0. The molecule has 0 spiro atoms. The van der Waals surface area contributed by atoms with Crippen LogP contribution in [0.15, 0.2) is 0 Å². The van der Waals surface area contributed by atoms with Gasteiger partial charge in [-0.1, -0.05) is 53.9 Å². The molecule has 0 aromatic rings. The van der Waals surface area contributed by atoms with Crippen molar-refractivity contribution in [2.45, 2.75) is 139 Å². The second-order valence-electron chi connectivity index (χ2n) is 10.7. The fraction of sp³-hybridized carbons (Fsp3) is 1.00. The van der Waals surface area contributed by atoms with Gasteiger partial charge in [0.15, 0.2) is 6.29 Å². The summed E-state index contributed by atoms with van der Waals surface area (Å²) < 4.78 is 25.6. The molecule has 6 heteroatoms. The molecule has 0 aromatic carbocycles. The van der Waals surface area contributed by atoms with Crippen molar-refractivity contribution < 1.29 is 28.7 Å². The van der Waals surface area contributed by atoms with E-state index in [0.717, 1.165) is 38.5 Å². The summed E-state index contributed by atoms with van der Waals surface area (Å²) in [5.41, 5.74) is -1.39. The summed E-state index contributed by atoms with van der Waals surface area (Å²) in [5.74, 6) is -1.15. The van der Waals surface area contributed by atoms with Crippen molar-refractivity contribution in [3.63, 3.8) is 0 Å². The molecule has 0 aliphatic rings. The molecule has 194 valence electrons. The Morgan fingerprint density at radius 1 is 0.750 bits per heavy atom. The molecule has 3 unspecified atom stereocenters. The van der Waals surface area contributed by atoms with E-state index < -0.39 is 23.3 Å². The summed E-state index contributed by atoms with van der Waals surface area (Å²) in [6, 6.07) is 0. The van der Waals surface area contributed by atoms with Gasteiger partial charge in [0.05, 0.1) is 30.3 Å². The van der Waals surface area contributed by atoms with Crippen LogP contribution in [0.2, 0.25) is 0 Å². The summed E-state index contributed by atoms with van der Waals surface area (Å²) in [6.45, 7) is 24.2. The van der Waals surface area contributed by atoms with E-state index in [9.17, 15) is 0 Å². The second kappa shape index (κ2) is 15.6. The van der Waals surface area contributed by atoms with E-state index in [4.69, 9.17) is 28.7 Å². The Labute approximate surface area is 198 Å². The summed E-state index contributed by atoms with van der Waals surface area (Å²) in [7, 11) is 0. The van der Waals surface area contributed by atoms with Gasteiger partial charge in [-0.2, -0.15) is 4.89 Å². The molecule has 0 heterocycles. The van der Waals surface area contributed by atoms with Crippen molar-refractivity contribution in [3.8, 4) is 0 Å². The SMILES string of the molecule is CCCCCOOC(OC(C)CC)(OC(C)(C)C)C(C)(C)C(OCCCC)OCC(C)C. The molecule has 0 radical (unpaired) electrons. The molecule has 0 bridgehead atoms. The van der Waals surface area contributed by atoms with Gasteiger partial charge in [-0.15, -0.1) is 0 Å².